The van der Waals surface area contributed by atoms with Gasteiger partial charge in [-0.2, -0.15) is 0 Å². The molecule has 0 fully saturated rings. The molecule has 0 spiro atoms. The Bertz CT molecular complexity index is 768. The number of H-pyrrole nitrogens is 1. The van der Waals surface area contributed by atoms with E-state index >= 15 is 0 Å². The third-order valence-corrected chi connectivity index (χ3v) is 4.28. The Hall–Kier alpha value is -2.19. The van der Waals surface area contributed by atoms with Crippen molar-refractivity contribution in [2.75, 3.05) is 5.75 Å². The van der Waals surface area contributed by atoms with Crippen molar-refractivity contribution in [3.05, 3.63) is 84.6 Å². The van der Waals surface area contributed by atoms with Gasteiger partial charge in [0.05, 0.1) is 0 Å². The van der Waals surface area contributed by atoms with Crippen molar-refractivity contribution < 1.29 is 0 Å². The van der Waals surface area contributed by atoms with Crippen LogP contribution in [0, 0.1) is 0 Å². The molecule has 0 saturated heterocycles. The number of hydrogen-bond donors (Lipinski definition) is 1. The van der Waals surface area contributed by atoms with Gasteiger partial charge in [-0.15, -0.1) is 11.8 Å². The molecule has 2 aromatic carbocycles. The number of fused-ring (bicyclic) bond motifs is 1. The highest BCUT2D eigenvalue weighted by molar-refractivity contribution is 8.08. The van der Waals surface area contributed by atoms with E-state index in [1.807, 2.05) is 18.3 Å². The summed E-state index contributed by atoms with van der Waals surface area (Å²) in [5, 5.41) is 1.24. The van der Waals surface area contributed by atoms with Gasteiger partial charge in [0.2, 0.25) is 0 Å². The Morgan fingerprint density at radius 2 is 1.81 bits per heavy atom. The fourth-order valence-electron chi connectivity index (χ4n) is 2.28. The number of para-hydroxylation sites is 1. The van der Waals surface area contributed by atoms with Gasteiger partial charge in [-0.25, -0.2) is 0 Å². The van der Waals surface area contributed by atoms with Crippen LogP contribution >= 0.6 is 11.8 Å². The zero-order valence-corrected chi connectivity index (χ0v) is 12.6. The summed E-state index contributed by atoms with van der Waals surface area (Å²) in [5.74, 6) is 0.924. The fourth-order valence-corrected chi connectivity index (χ4v) is 3.00. The van der Waals surface area contributed by atoms with E-state index in [9.17, 15) is 0 Å². The standard InChI is InChI=1S/C19H17NS/c1-15(18-14-20-19-12-6-5-11-17(18)19)21-13-7-10-16-8-3-2-4-9-16/h2-12,14,20H,1,13H2/b10-7+. The molecule has 0 aliphatic rings. The third kappa shape index (κ3) is 3.29. The Morgan fingerprint density at radius 3 is 2.67 bits per heavy atom. The van der Waals surface area contributed by atoms with Crippen LogP contribution in [0.5, 0.6) is 0 Å². The van der Waals surface area contributed by atoms with Crippen molar-refractivity contribution in [1.82, 2.24) is 4.98 Å². The first kappa shape index (κ1) is 13.8. The van der Waals surface area contributed by atoms with Crippen LogP contribution in [0.2, 0.25) is 0 Å². The average Bonchev–Trinajstić information content (AvgIpc) is 2.96. The van der Waals surface area contributed by atoms with Gasteiger partial charge in [0.1, 0.15) is 0 Å². The molecular formula is C19H17NS. The fraction of sp³-hybridized carbons (Fsp3) is 0.0526. The molecule has 3 rings (SSSR count). The summed E-state index contributed by atoms with van der Waals surface area (Å²) in [6.45, 7) is 4.20. The van der Waals surface area contributed by atoms with Crippen molar-refractivity contribution in [1.29, 1.82) is 0 Å². The Kier molecular flexibility index (Phi) is 4.27. The molecule has 104 valence electrons. The maximum absolute atomic E-state index is 4.20. The first-order valence-electron chi connectivity index (χ1n) is 6.94. The monoisotopic (exact) mass is 291 g/mol. The molecule has 1 heterocycles. The molecule has 1 nitrogen and oxygen atoms in total. The van der Waals surface area contributed by atoms with Gasteiger partial charge in [-0.05, 0) is 11.6 Å². The largest absolute Gasteiger partial charge is 0.361 e. The molecule has 0 amide bonds. The molecule has 1 N–H and O–H groups in total. The quantitative estimate of drug-likeness (QED) is 0.648. The van der Waals surface area contributed by atoms with Crippen LogP contribution in [0.3, 0.4) is 0 Å². The van der Waals surface area contributed by atoms with Crippen LogP contribution in [0.25, 0.3) is 21.9 Å². The first-order valence-corrected chi connectivity index (χ1v) is 7.93. The molecule has 0 unspecified atom stereocenters. The van der Waals surface area contributed by atoms with Crippen LogP contribution in [-0.2, 0) is 0 Å². The molecule has 0 radical (unpaired) electrons. The maximum Gasteiger partial charge on any atom is 0.0460 e. The van der Waals surface area contributed by atoms with Gasteiger partial charge in [0.25, 0.3) is 0 Å². The summed E-state index contributed by atoms with van der Waals surface area (Å²) < 4.78 is 0. The lowest BCUT2D eigenvalue weighted by atomic mass is 10.2. The minimum Gasteiger partial charge on any atom is -0.361 e. The molecule has 0 bridgehead atoms. The van der Waals surface area contributed by atoms with E-state index in [0.717, 1.165) is 16.2 Å². The zero-order chi connectivity index (χ0) is 14.5. The SMILES string of the molecule is C=C(SC/C=C/c1ccccc1)c1c[nH]c2ccccc12. The van der Waals surface area contributed by atoms with Crippen LogP contribution in [-0.4, -0.2) is 10.7 Å². The highest BCUT2D eigenvalue weighted by atomic mass is 32.2. The van der Waals surface area contributed by atoms with E-state index in [0.29, 0.717) is 0 Å². The molecule has 1 aromatic heterocycles. The van der Waals surface area contributed by atoms with E-state index in [1.165, 1.54) is 16.5 Å². The highest BCUT2D eigenvalue weighted by Gasteiger charge is 2.05. The number of nitrogens with one attached hydrogen (secondary N) is 1. The summed E-state index contributed by atoms with van der Waals surface area (Å²) in [5.41, 5.74) is 3.59. The molecular weight excluding hydrogens is 274 g/mol. The topological polar surface area (TPSA) is 15.8 Å². The van der Waals surface area contributed by atoms with Gasteiger partial charge in [-0.1, -0.05) is 67.3 Å². The van der Waals surface area contributed by atoms with Crippen LogP contribution in [0.4, 0.5) is 0 Å². The highest BCUT2D eigenvalue weighted by Crippen LogP contribution is 2.31. The van der Waals surface area contributed by atoms with Crippen LogP contribution < -0.4 is 0 Å². The molecule has 0 atom stereocenters. The van der Waals surface area contributed by atoms with Gasteiger partial charge < -0.3 is 4.98 Å². The third-order valence-electron chi connectivity index (χ3n) is 3.35. The Morgan fingerprint density at radius 1 is 1.05 bits per heavy atom. The van der Waals surface area contributed by atoms with Crippen molar-refractivity contribution in [3.63, 3.8) is 0 Å². The molecule has 0 saturated carbocycles. The number of aromatic nitrogens is 1. The average molecular weight is 291 g/mol. The number of aromatic amines is 1. The van der Waals surface area contributed by atoms with E-state index in [1.54, 1.807) is 11.8 Å². The second-order valence-electron chi connectivity index (χ2n) is 4.80. The van der Waals surface area contributed by atoms with Gasteiger partial charge in [-0.3, -0.25) is 0 Å². The lowest BCUT2D eigenvalue weighted by Gasteiger charge is -2.02. The lowest BCUT2D eigenvalue weighted by molar-refractivity contribution is 1.47. The molecule has 2 heteroatoms. The van der Waals surface area contributed by atoms with Crippen molar-refractivity contribution in [3.8, 4) is 0 Å². The number of rotatable bonds is 5. The van der Waals surface area contributed by atoms with E-state index < -0.39 is 0 Å². The summed E-state index contributed by atoms with van der Waals surface area (Å²) >= 11 is 1.77. The van der Waals surface area contributed by atoms with E-state index in [-0.39, 0.29) is 0 Å². The number of benzene rings is 2. The summed E-state index contributed by atoms with van der Waals surface area (Å²) in [4.78, 5) is 4.40. The van der Waals surface area contributed by atoms with Crippen molar-refractivity contribution in [2.45, 2.75) is 0 Å². The molecule has 0 aliphatic heterocycles. The normalized spacial score (nSPS) is 11.2. The van der Waals surface area contributed by atoms with Crippen molar-refractivity contribution in [2.24, 2.45) is 0 Å². The second kappa shape index (κ2) is 6.51. The van der Waals surface area contributed by atoms with Gasteiger partial charge in [0, 0.05) is 33.3 Å². The van der Waals surface area contributed by atoms with E-state index in [2.05, 4.69) is 66.2 Å². The smallest absolute Gasteiger partial charge is 0.0460 e. The van der Waals surface area contributed by atoms with Crippen LogP contribution in [0.15, 0.2) is 73.4 Å². The predicted molar refractivity (Wildman–Crippen MR) is 95.3 cm³/mol. The summed E-state index contributed by atoms with van der Waals surface area (Å²) in [6.07, 6.45) is 6.37. The maximum atomic E-state index is 4.20. The van der Waals surface area contributed by atoms with Gasteiger partial charge in [0.15, 0.2) is 0 Å². The molecule has 0 aliphatic carbocycles. The summed E-state index contributed by atoms with van der Waals surface area (Å²) in [6, 6.07) is 18.7. The second-order valence-corrected chi connectivity index (χ2v) is 5.91. The summed E-state index contributed by atoms with van der Waals surface area (Å²) in [7, 11) is 0. The van der Waals surface area contributed by atoms with Crippen LogP contribution in [0.1, 0.15) is 11.1 Å². The first-order chi connectivity index (χ1) is 10.3. The molecule has 3 aromatic rings. The predicted octanol–water partition coefficient (Wildman–Crippen LogP) is 5.59. The van der Waals surface area contributed by atoms with Gasteiger partial charge >= 0.3 is 0 Å². The number of hydrogen-bond acceptors (Lipinski definition) is 1. The minimum atomic E-state index is 0.924. The minimum absolute atomic E-state index is 0.924. The lowest BCUT2D eigenvalue weighted by Crippen LogP contribution is -1.78. The Balaban J connectivity index is 1.63. The number of thioether (sulfide) groups is 1. The zero-order valence-electron chi connectivity index (χ0n) is 11.8. The Labute approximate surface area is 129 Å². The van der Waals surface area contributed by atoms with Crippen molar-refractivity contribution >= 4 is 33.6 Å². The molecule has 21 heavy (non-hydrogen) atoms. The van der Waals surface area contributed by atoms with E-state index in [4.69, 9.17) is 0 Å².